The number of carbonyl (C=O) groups is 2. The Kier molecular flexibility index (Phi) is 9.21. The van der Waals surface area contributed by atoms with E-state index in [9.17, 15) is 14.7 Å². The Balaban J connectivity index is 1.09. The Morgan fingerprint density at radius 3 is 2.25 bits per heavy atom. The van der Waals surface area contributed by atoms with Crippen molar-refractivity contribution in [1.82, 2.24) is 10.6 Å². The largest absolute Gasteiger partial charge is 0.491 e. The maximum absolute atomic E-state index is 11.6. The summed E-state index contributed by atoms with van der Waals surface area (Å²) in [6, 6.07) is 25.0. The smallest absolute Gasteiger partial charge is 0.288 e. The zero-order chi connectivity index (χ0) is 25.2. The summed E-state index contributed by atoms with van der Waals surface area (Å²) >= 11 is 0.936. The normalized spacial score (nSPS) is 15.9. The number of aliphatic hydroxyl groups is 1. The molecule has 4 N–H and O–H groups in total. The number of hydrogen-bond acceptors (Lipinski definition) is 8. The Labute approximate surface area is 214 Å². The van der Waals surface area contributed by atoms with Crippen molar-refractivity contribution in [2.24, 2.45) is 0 Å². The first-order valence-corrected chi connectivity index (χ1v) is 12.6. The first kappa shape index (κ1) is 25.6. The fourth-order valence-corrected chi connectivity index (χ4v) is 4.23. The van der Waals surface area contributed by atoms with E-state index in [0.29, 0.717) is 25.4 Å². The third-order valence-electron chi connectivity index (χ3n) is 5.42. The molecule has 1 saturated heterocycles. The van der Waals surface area contributed by atoms with Gasteiger partial charge in [-0.15, -0.1) is 0 Å². The molecule has 0 bridgehead atoms. The number of anilines is 1. The van der Waals surface area contributed by atoms with Crippen LogP contribution in [0.2, 0.25) is 0 Å². The van der Waals surface area contributed by atoms with Crippen LogP contribution in [0.5, 0.6) is 11.5 Å². The number of thioether (sulfide) groups is 1. The lowest BCUT2D eigenvalue weighted by atomic mass is 10.1. The molecule has 3 aromatic carbocycles. The number of carbonyl (C=O) groups excluding carboxylic acids is 2. The molecular weight excluding hydrogens is 478 g/mol. The van der Waals surface area contributed by atoms with Gasteiger partial charge in [0.05, 0.1) is 0 Å². The minimum atomic E-state index is -0.636. The predicted molar refractivity (Wildman–Crippen MR) is 140 cm³/mol. The highest BCUT2D eigenvalue weighted by Gasteiger charge is 2.31. The third-order valence-corrected chi connectivity index (χ3v) is 6.31. The number of benzene rings is 3. The predicted octanol–water partition coefficient (Wildman–Crippen LogP) is 3.56. The SMILES string of the molecule is O=C1NC(=O)C(Nc2ccc(CCNC[C@H](O)COc3ccc(OCc4ccccc4)cc3)cc2)S1. The van der Waals surface area contributed by atoms with E-state index in [-0.39, 0.29) is 17.8 Å². The summed E-state index contributed by atoms with van der Waals surface area (Å²) in [5.74, 6) is 1.11. The van der Waals surface area contributed by atoms with Gasteiger partial charge in [-0.2, -0.15) is 0 Å². The van der Waals surface area contributed by atoms with Gasteiger partial charge in [0.2, 0.25) is 0 Å². The van der Waals surface area contributed by atoms with Gasteiger partial charge in [0, 0.05) is 12.2 Å². The van der Waals surface area contributed by atoms with Gasteiger partial charge in [-0.3, -0.25) is 14.9 Å². The van der Waals surface area contributed by atoms with Crippen LogP contribution in [0.4, 0.5) is 10.5 Å². The van der Waals surface area contributed by atoms with Crippen molar-refractivity contribution < 1.29 is 24.2 Å². The minimum Gasteiger partial charge on any atom is -0.491 e. The van der Waals surface area contributed by atoms with E-state index in [2.05, 4.69) is 16.0 Å². The van der Waals surface area contributed by atoms with Crippen LogP contribution in [0.15, 0.2) is 78.9 Å². The highest BCUT2D eigenvalue weighted by atomic mass is 32.2. The molecule has 1 aliphatic rings. The van der Waals surface area contributed by atoms with Crippen molar-refractivity contribution in [1.29, 1.82) is 0 Å². The summed E-state index contributed by atoms with van der Waals surface area (Å²) in [5.41, 5.74) is 3.00. The first-order chi connectivity index (χ1) is 17.5. The maximum Gasteiger partial charge on any atom is 0.288 e. The number of ether oxygens (including phenoxy) is 2. The second kappa shape index (κ2) is 13.0. The summed E-state index contributed by atoms with van der Waals surface area (Å²) in [6.07, 6.45) is 0.151. The molecule has 4 rings (SSSR count). The monoisotopic (exact) mass is 507 g/mol. The molecule has 0 radical (unpaired) electrons. The van der Waals surface area contributed by atoms with Crippen molar-refractivity contribution in [2.45, 2.75) is 24.5 Å². The molecular formula is C27H29N3O5S. The molecule has 36 heavy (non-hydrogen) atoms. The Bertz CT molecular complexity index is 1130. The zero-order valence-corrected chi connectivity index (χ0v) is 20.5. The number of rotatable bonds is 13. The molecule has 0 aromatic heterocycles. The van der Waals surface area contributed by atoms with Crippen LogP contribution in [0, 0.1) is 0 Å². The van der Waals surface area contributed by atoms with Crippen LogP contribution in [-0.2, 0) is 17.8 Å². The van der Waals surface area contributed by atoms with E-state index in [0.717, 1.165) is 40.7 Å². The number of amides is 2. The zero-order valence-electron chi connectivity index (χ0n) is 19.7. The molecule has 9 heteroatoms. The number of imide groups is 1. The van der Waals surface area contributed by atoms with Crippen LogP contribution in [0.1, 0.15) is 11.1 Å². The Morgan fingerprint density at radius 2 is 1.58 bits per heavy atom. The summed E-state index contributed by atoms with van der Waals surface area (Å²) in [6.45, 7) is 1.81. The highest BCUT2D eigenvalue weighted by Crippen LogP contribution is 2.22. The average Bonchev–Trinajstić information content (AvgIpc) is 3.22. The van der Waals surface area contributed by atoms with E-state index in [1.165, 1.54) is 0 Å². The lowest BCUT2D eigenvalue weighted by molar-refractivity contribution is -0.118. The van der Waals surface area contributed by atoms with Crippen molar-refractivity contribution in [2.75, 3.05) is 25.0 Å². The van der Waals surface area contributed by atoms with Crippen molar-refractivity contribution >= 4 is 28.6 Å². The fourth-order valence-electron chi connectivity index (χ4n) is 3.50. The van der Waals surface area contributed by atoms with E-state index in [1.807, 2.05) is 78.9 Å². The standard InChI is InChI=1S/C27H29N3O5S/c31-22(18-35-24-12-10-23(11-13-24)34-17-20-4-2-1-3-5-20)16-28-15-14-19-6-8-21(9-7-19)29-26-25(32)30-27(33)36-26/h1-13,22,26,28-29,31H,14-18H2,(H,30,32,33)/t22-,26?/m0/s1. The van der Waals surface area contributed by atoms with Gasteiger partial charge in [0.15, 0.2) is 5.37 Å². The third kappa shape index (κ3) is 8.01. The van der Waals surface area contributed by atoms with E-state index in [4.69, 9.17) is 9.47 Å². The summed E-state index contributed by atoms with van der Waals surface area (Å²) in [4.78, 5) is 22.9. The quantitative estimate of drug-likeness (QED) is 0.260. The number of aliphatic hydroxyl groups excluding tert-OH is 1. The summed E-state index contributed by atoms with van der Waals surface area (Å²) in [5, 5.41) is 17.8. The molecule has 8 nitrogen and oxygen atoms in total. The molecule has 1 aliphatic heterocycles. The second-order valence-electron chi connectivity index (χ2n) is 8.28. The molecule has 0 spiro atoms. The highest BCUT2D eigenvalue weighted by molar-refractivity contribution is 8.15. The maximum atomic E-state index is 11.6. The fraction of sp³-hybridized carbons (Fsp3) is 0.259. The van der Waals surface area contributed by atoms with Gasteiger partial charge >= 0.3 is 0 Å². The molecule has 2 atom stereocenters. The van der Waals surface area contributed by atoms with E-state index in [1.54, 1.807) is 0 Å². The van der Waals surface area contributed by atoms with Crippen LogP contribution in [-0.4, -0.2) is 47.4 Å². The Morgan fingerprint density at radius 1 is 0.889 bits per heavy atom. The van der Waals surface area contributed by atoms with Crippen molar-refractivity contribution in [3.05, 3.63) is 90.0 Å². The lowest BCUT2D eigenvalue weighted by Crippen LogP contribution is -2.32. The number of hydrogen-bond donors (Lipinski definition) is 4. The average molecular weight is 508 g/mol. The second-order valence-corrected chi connectivity index (χ2v) is 9.36. The van der Waals surface area contributed by atoms with Crippen molar-refractivity contribution in [3.63, 3.8) is 0 Å². The van der Waals surface area contributed by atoms with Crippen LogP contribution >= 0.6 is 11.8 Å². The van der Waals surface area contributed by atoms with Gasteiger partial charge in [-0.05, 0) is 72.3 Å². The Hall–Kier alpha value is -3.53. The van der Waals surface area contributed by atoms with Gasteiger partial charge in [-0.25, -0.2) is 0 Å². The number of nitrogens with one attached hydrogen (secondary N) is 3. The van der Waals surface area contributed by atoms with Gasteiger partial charge < -0.3 is 25.2 Å². The van der Waals surface area contributed by atoms with Crippen LogP contribution < -0.4 is 25.4 Å². The molecule has 1 fully saturated rings. The summed E-state index contributed by atoms with van der Waals surface area (Å²) < 4.78 is 11.5. The van der Waals surface area contributed by atoms with Gasteiger partial charge in [0.1, 0.15) is 30.8 Å². The van der Waals surface area contributed by atoms with E-state index >= 15 is 0 Å². The molecule has 1 heterocycles. The van der Waals surface area contributed by atoms with Crippen molar-refractivity contribution in [3.8, 4) is 11.5 Å². The minimum absolute atomic E-state index is 0.187. The van der Waals surface area contributed by atoms with Crippen LogP contribution in [0.3, 0.4) is 0 Å². The lowest BCUT2D eigenvalue weighted by Gasteiger charge is -2.14. The summed E-state index contributed by atoms with van der Waals surface area (Å²) in [7, 11) is 0. The van der Waals surface area contributed by atoms with Gasteiger partial charge in [0.25, 0.3) is 11.1 Å². The molecule has 0 saturated carbocycles. The molecule has 188 valence electrons. The van der Waals surface area contributed by atoms with Crippen LogP contribution in [0.25, 0.3) is 0 Å². The topological polar surface area (TPSA) is 109 Å². The van der Waals surface area contributed by atoms with Gasteiger partial charge in [-0.1, -0.05) is 42.5 Å². The van der Waals surface area contributed by atoms with E-state index < -0.39 is 11.5 Å². The first-order valence-electron chi connectivity index (χ1n) is 11.7. The molecule has 1 unspecified atom stereocenters. The molecule has 3 aromatic rings. The molecule has 2 amide bonds. The molecule has 0 aliphatic carbocycles.